The Kier molecular flexibility index (Phi) is 3.25. The smallest absolute Gasteiger partial charge is 0.223 e. The Hall–Kier alpha value is -3.27. The highest BCUT2D eigenvalue weighted by Gasteiger charge is 2.20. The van der Waals surface area contributed by atoms with Gasteiger partial charge in [0.05, 0.1) is 20.2 Å². The zero-order chi connectivity index (χ0) is 17.7. The number of fused-ring (bicyclic) bond motifs is 4. The third-order valence-electron chi connectivity index (χ3n) is 4.64. The number of hydrogen-bond acceptors (Lipinski definition) is 8. The third kappa shape index (κ3) is 2.26. The molecule has 0 saturated carbocycles. The number of aromatic nitrogens is 7. The summed E-state index contributed by atoms with van der Waals surface area (Å²) in [6.07, 6.45) is 1.77. The molecule has 132 valence electrons. The lowest BCUT2D eigenvalue weighted by molar-refractivity contribution is 0.204. The van der Waals surface area contributed by atoms with Crippen LogP contribution in [0.15, 0.2) is 24.5 Å². The van der Waals surface area contributed by atoms with Gasteiger partial charge in [-0.3, -0.25) is 4.90 Å². The molecule has 5 rings (SSSR count). The van der Waals surface area contributed by atoms with Crippen molar-refractivity contribution in [2.24, 2.45) is 0 Å². The number of nitrogen functional groups attached to an aromatic ring is 1. The normalized spacial score (nSPS) is 14.8. The average molecular weight is 351 g/mol. The van der Waals surface area contributed by atoms with Crippen LogP contribution in [0.3, 0.4) is 0 Å². The van der Waals surface area contributed by atoms with Crippen molar-refractivity contribution in [3.63, 3.8) is 0 Å². The zero-order valence-corrected chi connectivity index (χ0v) is 14.2. The van der Waals surface area contributed by atoms with E-state index in [0.29, 0.717) is 29.3 Å². The van der Waals surface area contributed by atoms with Gasteiger partial charge in [0, 0.05) is 18.5 Å². The summed E-state index contributed by atoms with van der Waals surface area (Å²) in [6.45, 7) is 3.08. The van der Waals surface area contributed by atoms with Crippen molar-refractivity contribution in [2.45, 2.75) is 19.6 Å². The van der Waals surface area contributed by atoms with Crippen molar-refractivity contribution >= 4 is 22.5 Å². The molecule has 0 aliphatic carbocycles. The summed E-state index contributed by atoms with van der Waals surface area (Å²) in [4.78, 5) is 11.4. The highest BCUT2D eigenvalue weighted by Crippen LogP contribution is 2.27. The summed E-state index contributed by atoms with van der Waals surface area (Å²) < 4.78 is 9.04. The van der Waals surface area contributed by atoms with E-state index in [1.807, 2.05) is 18.2 Å². The molecule has 2 N–H and O–H groups in total. The van der Waals surface area contributed by atoms with E-state index < -0.39 is 0 Å². The van der Waals surface area contributed by atoms with E-state index in [4.69, 9.17) is 15.5 Å². The van der Waals surface area contributed by atoms with Crippen LogP contribution in [-0.2, 0) is 19.6 Å². The Morgan fingerprint density at radius 3 is 3.04 bits per heavy atom. The lowest BCUT2D eigenvalue weighted by Gasteiger charge is -2.25. The van der Waals surface area contributed by atoms with Gasteiger partial charge in [-0.1, -0.05) is 6.07 Å². The van der Waals surface area contributed by atoms with Crippen LogP contribution < -0.4 is 10.5 Å². The first kappa shape index (κ1) is 15.0. The van der Waals surface area contributed by atoms with Gasteiger partial charge >= 0.3 is 0 Å². The van der Waals surface area contributed by atoms with Gasteiger partial charge in [-0.05, 0) is 12.1 Å². The van der Waals surface area contributed by atoms with Crippen molar-refractivity contribution in [3.05, 3.63) is 36.2 Å². The second-order valence-electron chi connectivity index (χ2n) is 6.24. The second kappa shape index (κ2) is 5.63. The summed E-state index contributed by atoms with van der Waals surface area (Å²) in [7, 11) is 1.61. The lowest BCUT2D eigenvalue weighted by atomic mass is 10.2. The summed E-state index contributed by atoms with van der Waals surface area (Å²) in [5, 5.41) is 13.5. The van der Waals surface area contributed by atoms with Crippen LogP contribution in [0.5, 0.6) is 5.75 Å². The van der Waals surface area contributed by atoms with E-state index in [-0.39, 0.29) is 5.95 Å². The first-order chi connectivity index (χ1) is 12.7. The highest BCUT2D eigenvalue weighted by atomic mass is 16.5. The number of hydrogen-bond donors (Lipinski definition) is 1. The molecule has 4 aromatic rings. The van der Waals surface area contributed by atoms with E-state index in [9.17, 15) is 0 Å². The Morgan fingerprint density at radius 2 is 2.15 bits per heavy atom. The van der Waals surface area contributed by atoms with Crippen molar-refractivity contribution in [3.8, 4) is 5.75 Å². The fraction of sp³-hybridized carbons (Fsp3) is 0.312. The van der Waals surface area contributed by atoms with Crippen molar-refractivity contribution < 1.29 is 4.74 Å². The molecule has 0 radical (unpaired) electrons. The first-order valence-electron chi connectivity index (χ1n) is 8.30. The van der Waals surface area contributed by atoms with Gasteiger partial charge in [0.15, 0.2) is 11.5 Å². The van der Waals surface area contributed by atoms with Crippen LogP contribution in [0.1, 0.15) is 11.6 Å². The van der Waals surface area contributed by atoms with Crippen LogP contribution in [0.25, 0.3) is 16.6 Å². The molecular formula is C16H17N9O. The van der Waals surface area contributed by atoms with Crippen molar-refractivity contribution in [1.82, 2.24) is 39.2 Å². The Morgan fingerprint density at radius 1 is 1.23 bits per heavy atom. The van der Waals surface area contributed by atoms with Gasteiger partial charge in [-0.15, -0.1) is 15.3 Å². The van der Waals surface area contributed by atoms with Crippen LogP contribution in [-0.4, -0.2) is 52.9 Å². The zero-order valence-electron chi connectivity index (χ0n) is 14.2. The molecule has 10 heteroatoms. The van der Waals surface area contributed by atoms with E-state index in [2.05, 4.69) is 29.7 Å². The minimum atomic E-state index is 0.286. The molecule has 4 heterocycles. The quantitative estimate of drug-likeness (QED) is 0.567. The minimum absolute atomic E-state index is 0.286. The molecular weight excluding hydrogens is 334 g/mol. The molecule has 26 heavy (non-hydrogen) atoms. The molecule has 10 nitrogen and oxygen atoms in total. The lowest BCUT2D eigenvalue weighted by Crippen LogP contribution is -2.33. The SMILES string of the molecule is COc1cccc2c1nc(N)n1nc(CN3CCn4cnnc4C3)nc21. The van der Waals surface area contributed by atoms with Gasteiger partial charge in [0.1, 0.15) is 23.4 Å². The van der Waals surface area contributed by atoms with E-state index in [0.717, 1.165) is 30.8 Å². The fourth-order valence-electron chi connectivity index (χ4n) is 3.35. The predicted molar refractivity (Wildman–Crippen MR) is 93.4 cm³/mol. The number of anilines is 1. The van der Waals surface area contributed by atoms with E-state index in [1.54, 1.807) is 18.0 Å². The standard InChI is InChI=1S/C16H17N9O/c1-26-11-4-2-3-10-14(11)20-16(17)25-15(10)19-12(22-25)7-23-5-6-24-9-18-21-13(24)8-23/h2-4,9H,5-8H2,1H3,(H2,17,20). The summed E-state index contributed by atoms with van der Waals surface area (Å²) in [5.41, 5.74) is 7.47. The molecule has 0 saturated heterocycles. The van der Waals surface area contributed by atoms with E-state index in [1.165, 1.54) is 0 Å². The van der Waals surface area contributed by atoms with Gasteiger partial charge in [-0.2, -0.15) is 4.52 Å². The van der Waals surface area contributed by atoms with Crippen LogP contribution in [0.4, 0.5) is 5.95 Å². The molecule has 1 aliphatic heterocycles. The van der Waals surface area contributed by atoms with Crippen LogP contribution in [0.2, 0.25) is 0 Å². The minimum Gasteiger partial charge on any atom is -0.494 e. The Balaban J connectivity index is 1.54. The Bertz CT molecular complexity index is 1120. The Labute approximate surface area is 148 Å². The van der Waals surface area contributed by atoms with E-state index >= 15 is 0 Å². The summed E-state index contributed by atoms with van der Waals surface area (Å²) in [5.74, 6) is 2.60. The number of nitrogens with two attached hydrogens (primary N) is 1. The number of para-hydroxylation sites is 1. The topological polar surface area (TPSA) is 112 Å². The van der Waals surface area contributed by atoms with Crippen LogP contribution >= 0.6 is 0 Å². The second-order valence-corrected chi connectivity index (χ2v) is 6.24. The number of nitrogens with zero attached hydrogens (tertiary/aromatic N) is 8. The average Bonchev–Trinajstić information content (AvgIpc) is 3.28. The van der Waals surface area contributed by atoms with Gasteiger partial charge in [-0.25, -0.2) is 9.97 Å². The predicted octanol–water partition coefficient (Wildman–Crippen LogP) is 0.476. The number of methoxy groups -OCH3 is 1. The third-order valence-corrected chi connectivity index (χ3v) is 4.64. The molecule has 0 amide bonds. The molecule has 0 unspecified atom stereocenters. The molecule has 0 fully saturated rings. The first-order valence-corrected chi connectivity index (χ1v) is 8.30. The maximum Gasteiger partial charge on any atom is 0.223 e. The van der Waals surface area contributed by atoms with Gasteiger partial charge in [0.25, 0.3) is 0 Å². The molecule has 3 aromatic heterocycles. The fourth-order valence-corrected chi connectivity index (χ4v) is 3.35. The number of rotatable bonds is 3. The monoisotopic (exact) mass is 351 g/mol. The highest BCUT2D eigenvalue weighted by molar-refractivity contribution is 5.95. The van der Waals surface area contributed by atoms with Gasteiger partial charge < -0.3 is 15.0 Å². The maximum absolute atomic E-state index is 6.10. The summed E-state index contributed by atoms with van der Waals surface area (Å²) in [6, 6.07) is 5.71. The van der Waals surface area contributed by atoms with Crippen molar-refractivity contribution in [1.29, 1.82) is 0 Å². The van der Waals surface area contributed by atoms with Crippen LogP contribution in [0, 0.1) is 0 Å². The van der Waals surface area contributed by atoms with Gasteiger partial charge in [0.2, 0.25) is 5.95 Å². The number of benzene rings is 1. The summed E-state index contributed by atoms with van der Waals surface area (Å²) >= 11 is 0. The molecule has 0 spiro atoms. The maximum atomic E-state index is 6.10. The molecule has 0 atom stereocenters. The molecule has 1 aliphatic rings. The van der Waals surface area contributed by atoms with Crippen molar-refractivity contribution in [2.75, 3.05) is 19.4 Å². The molecule has 0 bridgehead atoms. The number of ether oxygens (including phenoxy) is 1. The largest absolute Gasteiger partial charge is 0.494 e. The molecule has 1 aromatic carbocycles.